The molecule has 6 rings (SSSR count). The molecule has 2 aliphatic heterocycles. The zero-order chi connectivity index (χ0) is 29.7. The molecule has 4 atom stereocenters. The van der Waals surface area contributed by atoms with Crippen molar-refractivity contribution in [2.75, 3.05) is 6.61 Å². The number of ether oxygens (including phenoxy) is 1. The standard InChI is InChI=1S/C36H40O6/c1-24-8-10-25(11-9-24)5-4-7-30-31(35(40)41)6-2-3-20-42-29-18-16-27(17-19-29)32-21-36(32,22-33(30)38)34(39)28-14-12-26(23-37)13-15-28/h8-19,30-32,37H,2-7,20-23H2,1H3,(H,40,41)/t30-,31+,32+,36?/m1/s1. The Balaban J connectivity index is 1.45. The van der Waals surface area contributed by atoms with E-state index in [2.05, 4.69) is 24.3 Å². The topological polar surface area (TPSA) is 101 Å². The van der Waals surface area contributed by atoms with Crippen LogP contribution in [0.15, 0.2) is 72.8 Å². The van der Waals surface area contributed by atoms with Crippen molar-refractivity contribution in [3.8, 4) is 5.75 Å². The summed E-state index contributed by atoms with van der Waals surface area (Å²) in [6.45, 7) is 2.41. The van der Waals surface area contributed by atoms with Crippen LogP contribution in [0.1, 0.15) is 83.5 Å². The summed E-state index contributed by atoms with van der Waals surface area (Å²) in [7, 11) is 0. The summed E-state index contributed by atoms with van der Waals surface area (Å²) in [5.74, 6) is -2.04. The van der Waals surface area contributed by atoms with Gasteiger partial charge in [0.25, 0.3) is 0 Å². The van der Waals surface area contributed by atoms with Gasteiger partial charge in [0.15, 0.2) is 5.78 Å². The third-order valence-corrected chi connectivity index (χ3v) is 9.19. The molecular weight excluding hydrogens is 528 g/mol. The van der Waals surface area contributed by atoms with Gasteiger partial charge >= 0.3 is 5.97 Å². The van der Waals surface area contributed by atoms with Gasteiger partial charge in [-0.2, -0.15) is 0 Å². The molecule has 220 valence electrons. The molecule has 0 amide bonds. The van der Waals surface area contributed by atoms with Crippen molar-refractivity contribution >= 4 is 17.5 Å². The Labute approximate surface area is 247 Å². The zero-order valence-electron chi connectivity index (χ0n) is 24.3. The van der Waals surface area contributed by atoms with Crippen LogP contribution in [0.4, 0.5) is 0 Å². The summed E-state index contributed by atoms with van der Waals surface area (Å²) in [5.41, 5.74) is 3.63. The van der Waals surface area contributed by atoms with Crippen LogP contribution in [0, 0.1) is 24.2 Å². The van der Waals surface area contributed by atoms with E-state index in [9.17, 15) is 24.6 Å². The van der Waals surface area contributed by atoms with Gasteiger partial charge in [-0.15, -0.1) is 0 Å². The molecule has 0 saturated heterocycles. The maximum absolute atomic E-state index is 14.2. The lowest BCUT2D eigenvalue weighted by Crippen LogP contribution is -2.33. The Morgan fingerprint density at radius 1 is 0.929 bits per heavy atom. The van der Waals surface area contributed by atoms with E-state index in [0.717, 1.165) is 23.3 Å². The van der Waals surface area contributed by atoms with Crippen molar-refractivity contribution in [2.45, 2.75) is 70.8 Å². The molecule has 1 unspecified atom stereocenters. The van der Waals surface area contributed by atoms with Crippen molar-refractivity contribution in [1.82, 2.24) is 0 Å². The fourth-order valence-corrected chi connectivity index (χ4v) is 6.58. The van der Waals surface area contributed by atoms with Crippen LogP contribution >= 0.6 is 0 Å². The SMILES string of the molecule is Cc1ccc(CCC[C@H]2C(=O)CC3(C(=O)c4ccc(CO)cc4)C[C@H]3c3ccc(cc3)OCCCC[C@@H]2C(=O)O)cc1. The van der Waals surface area contributed by atoms with E-state index in [1.807, 2.05) is 31.2 Å². The normalized spacial score (nSPS) is 24.1. The number of aliphatic hydroxyl groups is 1. The fraction of sp³-hybridized carbons (Fsp3) is 0.417. The van der Waals surface area contributed by atoms with Crippen molar-refractivity contribution in [3.63, 3.8) is 0 Å². The number of aliphatic carboxylic acids is 1. The van der Waals surface area contributed by atoms with Gasteiger partial charge in [-0.05, 0) is 86.6 Å². The number of hydrogen-bond acceptors (Lipinski definition) is 5. The summed E-state index contributed by atoms with van der Waals surface area (Å²) in [5, 5.41) is 19.8. The summed E-state index contributed by atoms with van der Waals surface area (Å²) in [6, 6.07) is 23.0. The van der Waals surface area contributed by atoms with Crippen molar-refractivity contribution in [3.05, 3.63) is 101 Å². The van der Waals surface area contributed by atoms with Gasteiger partial charge < -0.3 is 14.9 Å². The number of rotatable bonds is 8. The van der Waals surface area contributed by atoms with Crippen LogP contribution in [0.25, 0.3) is 0 Å². The Hall–Kier alpha value is -3.77. The van der Waals surface area contributed by atoms with Gasteiger partial charge in [0, 0.05) is 23.3 Å². The van der Waals surface area contributed by atoms with Crippen LogP contribution in [-0.2, 0) is 22.6 Å². The maximum atomic E-state index is 14.2. The fourth-order valence-electron chi connectivity index (χ4n) is 6.58. The molecule has 2 heterocycles. The molecular formula is C36H40O6. The quantitative estimate of drug-likeness (QED) is 0.293. The van der Waals surface area contributed by atoms with Gasteiger partial charge in [0.2, 0.25) is 0 Å². The first kappa shape index (κ1) is 29.7. The number of aliphatic hydroxyl groups excluding tert-OH is 1. The molecule has 1 fully saturated rings. The summed E-state index contributed by atoms with van der Waals surface area (Å²) < 4.78 is 5.91. The third-order valence-electron chi connectivity index (χ3n) is 9.19. The molecule has 3 aromatic carbocycles. The number of carbonyl (C=O) groups excluding carboxylic acids is 2. The van der Waals surface area contributed by atoms with Gasteiger partial charge in [0.1, 0.15) is 11.5 Å². The second kappa shape index (κ2) is 13.0. The number of carboxylic acids is 1. The molecule has 1 aliphatic carbocycles. The molecule has 2 N–H and O–H groups in total. The first-order chi connectivity index (χ1) is 20.3. The first-order valence-electron chi connectivity index (χ1n) is 15.1. The minimum atomic E-state index is -0.951. The van der Waals surface area contributed by atoms with E-state index in [-0.39, 0.29) is 30.5 Å². The number of benzene rings is 3. The van der Waals surface area contributed by atoms with Crippen molar-refractivity contribution < 1.29 is 29.3 Å². The molecule has 3 aromatic rings. The van der Waals surface area contributed by atoms with E-state index >= 15 is 0 Å². The third kappa shape index (κ3) is 6.65. The predicted molar refractivity (Wildman–Crippen MR) is 161 cm³/mol. The number of carbonyl (C=O) groups is 3. The van der Waals surface area contributed by atoms with Gasteiger partial charge in [-0.25, -0.2) is 0 Å². The number of carboxylic acid groups (broad SMARTS) is 1. The van der Waals surface area contributed by atoms with Crippen LogP contribution < -0.4 is 4.74 Å². The monoisotopic (exact) mass is 568 g/mol. The number of ketones is 2. The van der Waals surface area contributed by atoms with Crippen LogP contribution in [0.2, 0.25) is 0 Å². The molecule has 2 bridgehead atoms. The predicted octanol–water partition coefficient (Wildman–Crippen LogP) is 6.71. The molecule has 0 spiro atoms. The average Bonchev–Trinajstić information content (AvgIpc) is 3.72. The van der Waals surface area contributed by atoms with Gasteiger partial charge in [-0.3, -0.25) is 14.4 Å². The molecule has 0 aromatic heterocycles. The highest BCUT2D eigenvalue weighted by Crippen LogP contribution is 2.63. The smallest absolute Gasteiger partial charge is 0.307 e. The highest BCUT2D eigenvalue weighted by Gasteiger charge is 2.61. The lowest BCUT2D eigenvalue weighted by atomic mass is 9.76. The van der Waals surface area contributed by atoms with Crippen LogP contribution in [0.5, 0.6) is 5.75 Å². The molecule has 0 radical (unpaired) electrons. The number of aryl methyl sites for hydroxylation is 2. The average molecular weight is 569 g/mol. The first-order valence-corrected chi connectivity index (χ1v) is 15.1. The van der Waals surface area contributed by atoms with E-state index in [1.54, 1.807) is 24.3 Å². The number of Topliss-reactive ketones (excluding diaryl/α,β-unsaturated/α-hetero) is 2. The van der Waals surface area contributed by atoms with E-state index in [0.29, 0.717) is 56.3 Å². The largest absolute Gasteiger partial charge is 0.494 e. The Morgan fingerprint density at radius 3 is 2.29 bits per heavy atom. The Kier molecular flexibility index (Phi) is 9.22. The minimum Gasteiger partial charge on any atom is -0.494 e. The minimum absolute atomic E-state index is 0.0233. The van der Waals surface area contributed by atoms with E-state index in [1.165, 1.54) is 5.56 Å². The summed E-state index contributed by atoms with van der Waals surface area (Å²) >= 11 is 0. The van der Waals surface area contributed by atoms with Crippen molar-refractivity contribution in [2.24, 2.45) is 17.3 Å². The van der Waals surface area contributed by atoms with E-state index in [4.69, 9.17) is 4.74 Å². The summed E-state index contributed by atoms with van der Waals surface area (Å²) in [4.78, 5) is 40.9. The Bertz CT molecular complexity index is 1390. The molecule has 6 nitrogen and oxygen atoms in total. The van der Waals surface area contributed by atoms with Crippen molar-refractivity contribution in [1.29, 1.82) is 0 Å². The highest BCUT2D eigenvalue weighted by atomic mass is 16.5. The van der Waals surface area contributed by atoms with Crippen LogP contribution in [-0.4, -0.2) is 34.4 Å². The van der Waals surface area contributed by atoms with Crippen LogP contribution in [0.3, 0.4) is 0 Å². The highest BCUT2D eigenvalue weighted by molar-refractivity contribution is 6.06. The zero-order valence-corrected chi connectivity index (χ0v) is 24.3. The second-order valence-electron chi connectivity index (χ2n) is 12.1. The Morgan fingerprint density at radius 2 is 1.62 bits per heavy atom. The van der Waals surface area contributed by atoms with Gasteiger partial charge in [0.05, 0.1) is 19.1 Å². The number of hydrogen-bond donors (Lipinski definition) is 2. The lowest BCUT2D eigenvalue weighted by molar-refractivity contribution is -0.147. The molecule has 42 heavy (non-hydrogen) atoms. The molecule has 3 aliphatic rings. The number of fused-ring (bicyclic) bond motifs is 10. The lowest BCUT2D eigenvalue weighted by Gasteiger charge is -2.26. The maximum Gasteiger partial charge on any atom is 0.307 e. The van der Waals surface area contributed by atoms with Gasteiger partial charge in [-0.1, -0.05) is 66.2 Å². The molecule has 6 heteroatoms. The second-order valence-corrected chi connectivity index (χ2v) is 12.1. The summed E-state index contributed by atoms with van der Waals surface area (Å²) in [6.07, 6.45) is 4.22. The molecule has 1 saturated carbocycles. The van der Waals surface area contributed by atoms with E-state index < -0.39 is 23.2 Å².